The van der Waals surface area contributed by atoms with Gasteiger partial charge in [0.2, 0.25) is 23.6 Å². The van der Waals surface area contributed by atoms with Crippen molar-refractivity contribution < 1.29 is 24.3 Å². The summed E-state index contributed by atoms with van der Waals surface area (Å²) in [4.78, 5) is 61.8. The van der Waals surface area contributed by atoms with Crippen LogP contribution in [0.15, 0.2) is 121 Å². The number of hydrogen-bond acceptors (Lipinski definition) is 5. The van der Waals surface area contributed by atoms with Crippen LogP contribution < -0.4 is 9.80 Å². The fraction of sp³-hybridized carbons (Fsp3) is 0.209. The lowest BCUT2D eigenvalue weighted by molar-refractivity contribution is -0.127. The number of halogens is 2. The van der Waals surface area contributed by atoms with E-state index >= 15 is 9.59 Å². The summed E-state index contributed by atoms with van der Waals surface area (Å²) >= 11 is 12.9. The summed E-state index contributed by atoms with van der Waals surface area (Å²) in [6, 6.07) is 32.2. The average Bonchev–Trinajstić information content (AvgIpc) is 3.54. The lowest BCUT2D eigenvalue weighted by atomic mass is 9.48. The van der Waals surface area contributed by atoms with Gasteiger partial charge < -0.3 is 5.11 Å². The molecule has 2 heterocycles. The third kappa shape index (κ3) is 4.45. The van der Waals surface area contributed by atoms with E-state index in [0.29, 0.717) is 32.5 Å². The molecule has 0 spiro atoms. The molecule has 4 amide bonds. The maximum atomic E-state index is 15.5. The molecule has 1 N–H and O–H groups in total. The molecule has 5 aromatic rings. The fourth-order valence-corrected chi connectivity index (χ4v) is 9.98. The van der Waals surface area contributed by atoms with Crippen LogP contribution in [0.3, 0.4) is 0 Å². The number of carbonyl (C=O) groups is 4. The number of phenolic OH excluding ortho intramolecular Hbond substituents is 1. The zero-order chi connectivity index (χ0) is 36.1. The molecule has 4 aliphatic rings. The second-order valence-corrected chi connectivity index (χ2v) is 15.1. The summed E-state index contributed by atoms with van der Waals surface area (Å²) in [7, 11) is 0. The number of carbonyl (C=O) groups excluding carboxylic acids is 4. The fourth-order valence-electron chi connectivity index (χ4n) is 9.62. The Bertz CT molecular complexity index is 2410. The second kappa shape index (κ2) is 11.9. The first-order valence-electron chi connectivity index (χ1n) is 17.4. The van der Waals surface area contributed by atoms with Crippen LogP contribution in [-0.4, -0.2) is 28.7 Å². The summed E-state index contributed by atoms with van der Waals surface area (Å²) < 4.78 is 0. The van der Waals surface area contributed by atoms with Crippen LogP contribution in [0, 0.1) is 30.6 Å². The largest absolute Gasteiger partial charge is 0.508 e. The van der Waals surface area contributed by atoms with Gasteiger partial charge in [-0.3, -0.25) is 19.2 Å². The molecule has 0 unspecified atom stereocenters. The van der Waals surface area contributed by atoms with Crippen molar-refractivity contribution in [1.29, 1.82) is 0 Å². The number of phenols is 1. The highest BCUT2D eigenvalue weighted by atomic mass is 35.5. The Morgan fingerprint density at radius 3 is 2.25 bits per heavy atom. The van der Waals surface area contributed by atoms with E-state index in [0.717, 1.165) is 21.9 Å². The van der Waals surface area contributed by atoms with Crippen LogP contribution in [0.4, 0.5) is 11.4 Å². The Hall–Kier alpha value is -5.24. The standard InChI is InChI=1S/C43H32Cl2N2O5/c1-23-14-16-28(21-34(23)45)46-39(49)31-18-17-30-32(36(31)41(46)51)22-33-40(50)47(27-12-7-11-26(44)20-27)42(52)43(33,25-9-3-2-4-10-25)38(30)37-29-13-6-5-8-24(29)15-19-35(37)48/h2-17,19-21,31-33,36,38,48H,18,22H2,1H3/t31-,32+,33-,36-,38+,43+/m0/s1. The minimum Gasteiger partial charge on any atom is -0.508 e. The van der Waals surface area contributed by atoms with Crippen molar-refractivity contribution in [3.05, 3.63) is 148 Å². The minimum atomic E-state index is -1.51. The second-order valence-electron chi connectivity index (χ2n) is 14.3. The molecular formula is C43H32Cl2N2O5. The highest BCUT2D eigenvalue weighted by Crippen LogP contribution is 2.66. The molecule has 3 fully saturated rings. The number of hydrogen-bond donors (Lipinski definition) is 1. The van der Waals surface area contributed by atoms with Crippen LogP contribution in [0.2, 0.25) is 10.0 Å². The van der Waals surface area contributed by atoms with E-state index in [2.05, 4.69) is 0 Å². The van der Waals surface area contributed by atoms with Crippen LogP contribution in [-0.2, 0) is 24.6 Å². The van der Waals surface area contributed by atoms with Gasteiger partial charge in [0.25, 0.3) is 0 Å². The Balaban J connectivity index is 1.31. The Morgan fingerprint density at radius 1 is 0.731 bits per heavy atom. The smallest absolute Gasteiger partial charge is 0.246 e. The highest BCUT2D eigenvalue weighted by molar-refractivity contribution is 6.33. The molecular weight excluding hydrogens is 695 g/mol. The van der Waals surface area contributed by atoms with Crippen LogP contribution in [0.5, 0.6) is 5.75 Å². The minimum absolute atomic E-state index is 0.0207. The molecule has 52 heavy (non-hydrogen) atoms. The molecule has 5 aromatic carbocycles. The summed E-state index contributed by atoms with van der Waals surface area (Å²) in [5, 5.41) is 14.3. The molecule has 0 radical (unpaired) electrons. The maximum absolute atomic E-state index is 15.5. The molecule has 7 nitrogen and oxygen atoms in total. The van der Waals surface area contributed by atoms with E-state index in [9.17, 15) is 14.7 Å². The van der Waals surface area contributed by atoms with E-state index < -0.39 is 46.8 Å². The predicted molar refractivity (Wildman–Crippen MR) is 200 cm³/mol. The van der Waals surface area contributed by atoms with E-state index in [1.54, 1.807) is 48.5 Å². The number of nitrogens with zero attached hydrogens (tertiary/aromatic N) is 2. The molecule has 2 aliphatic carbocycles. The van der Waals surface area contributed by atoms with Crippen molar-refractivity contribution in [1.82, 2.24) is 0 Å². The summed E-state index contributed by atoms with van der Waals surface area (Å²) in [6.07, 6.45) is 2.40. The van der Waals surface area contributed by atoms with Gasteiger partial charge in [-0.25, -0.2) is 9.80 Å². The first-order chi connectivity index (χ1) is 25.1. The SMILES string of the molecule is Cc1ccc(N2C(=O)[C@H]3[C@H](CC=C4[C@H]3C[C@H]3C(=O)N(c5cccc(Cl)c5)C(=O)[C@@]3(c3ccccc3)[C@H]4c3c(O)ccc4ccccc34)C2=O)cc1Cl. The quantitative estimate of drug-likeness (QED) is 0.148. The van der Waals surface area contributed by atoms with Crippen molar-refractivity contribution in [2.24, 2.45) is 23.7 Å². The van der Waals surface area contributed by atoms with E-state index in [-0.39, 0.29) is 30.4 Å². The average molecular weight is 728 g/mol. The molecule has 1 saturated carbocycles. The summed E-state index contributed by atoms with van der Waals surface area (Å²) in [5.41, 5.74) is 1.97. The van der Waals surface area contributed by atoms with Gasteiger partial charge >= 0.3 is 0 Å². The van der Waals surface area contributed by atoms with Crippen LogP contribution in [0.25, 0.3) is 10.8 Å². The molecule has 0 bridgehead atoms. The van der Waals surface area contributed by atoms with Gasteiger partial charge in [-0.15, -0.1) is 0 Å². The number of allylic oxidation sites excluding steroid dienone is 2. The topological polar surface area (TPSA) is 95.0 Å². The van der Waals surface area contributed by atoms with Gasteiger partial charge in [-0.05, 0) is 84.0 Å². The third-order valence-corrected chi connectivity index (χ3v) is 12.5. The van der Waals surface area contributed by atoms with Gasteiger partial charge in [0.1, 0.15) is 5.75 Å². The number of rotatable bonds is 4. The van der Waals surface area contributed by atoms with Crippen molar-refractivity contribution in [3.63, 3.8) is 0 Å². The lowest BCUT2D eigenvalue weighted by Gasteiger charge is -2.51. The third-order valence-electron chi connectivity index (χ3n) is 11.8. The number of fused-ring (bicyclic) bond motifs is 5. The number of aromatic hydroxyl groups is 1. The zero-order valence-electron chi connectivity index (χ0n) is 28.0. The van der Waals surface area contributed by atoms with Gasteiger partial charge in [0, 0.05) is 21.5 Å². The predicted octanol–water partition coefficient (Wildman–Crippen LogP) is 8.53. The molecule has 2 aliphatic heterocycles. The van der Waals surface area contributed by atoms with Crippen molar-refractivity contribution in [3.8, 4) is 5.75 Å². The van der Waals surface area contributed by atoms with Crippen LogP contribution in [0.1, 0.15) is 35.4 Å². The summed E-state index contributed by atoms with van der Waals surface area (Å²) in [6.45, 7) is 1.85. The number of imide groups is 2. The number of benzene rings is 5. The van der Waals surface area contributed by atoms with Crippen molar-refractivity contribution in [2.45, 2.75) is 31.1 Å². The lowest BCUT2D eigenvalue weighted by Crippen LogP contribution is -2.53. The van der Waals surface area contributed by atoms with Gasteiger partial charge in [-0.2, -0.15) is 0 Å². The first-order valence-corrected chi connectivity index (χ1v) is 18.1. The Morgan fingerprint density at radius 2 is 1.48 bits per heavy atom. The summed E-state index contributed by atoms with van der Waals surface area (Å²) in [5.74, 6) is -5.39. The van der Waals surface area contributed by atoms with Gasteiger partial charge in [-0.1, -0.05) is 108 Å². The van der Waals surface area contributed by atoms with Crippen LogP contribution >= 0.6 is 23.2 Å². The normalized spacial score (nSPS) is 26.8. The maximum Gasteiger partial charge on any atom is 0.246 e. The molecule has 9 heteroatoms. The van der Waals surface area contributed by atoms with Crippen molar-refractivity contribution >= 4 is 69.0 Å². The van der Waals surface area contributed by atoms with Gasteiger partial charge in [0.05, 0.1) is 34.5 Å². The molecule has 258 valence electrons. The molecule has 6 atom stereocenters. The molecule has 0 aromatic heterocycles. The van der Waals surface area contributed by atoms with Crippen molar-refractivity contribution in [2.75, 3.05) is 9.80 Å². The number of amides is 4. The number of aryl methyl sites for hydroxylation is 1. The Kier molecular flexibility index (Phi) is 7.47. The zero-order valence-corrected chi connectivity index (χ0v) is 29.5. The van der Waals surface area contributed by atoms with E-state index in [1.165, 1.54) is 9.80 Å². The molecule has 2 saturated heterocycles. The van der Waals surface area contributed by atoms with E-state index in [4.69, 9.17) is 23.2 Å². The van der Waals surface area contributed by atoms with Gasteiger partial charge in [0.15, 0.2) is 0 Å². The monoisotopic (exact) mass is 726 g/mol. The van der Waals surface area contributed by atoms with E-state index in [1.807, 2.05) is 73.7 Å². The first kappa shape index (κ1) is 32.7. The Labute approximate surface area is 310 Å². The molecule has 9 rings (SSSR count). The number of anilines is 2. The highest BCUT2D eigenvalue weighted by Gasteiger charge is 2.70.